The van der Waals surface area contributed by atoms with E-state index in [1.165, 1.54) is 24.8 Å². The maximum absolute atomic E-state index is 13.0. The Bertz CT molecular complexity index is 1430. The molecule has 0 fully saturated rings. The summed E-state index contributed by atoms with van der Waals surface area (Å²) in [4.78, 5) is 24.2. The highest BCUT2D eigenvalue weighted by Gasteiger charge is 2.29. The van der Waals surface area contributed by atoms with Crippen molar-refractivity contribution in [2.45, 2.75) is 65.6 Å². The van der Waals surface area contributed by atoms with Crippen LogP contribution in [0.1, 0.15) is 49.7 Å². The highest BCUT2D eigenvalue weighted by Crippen LogP contribution is 2.21. The lowest BCUT2D eigenvalue weighted by Gasteiger charge is -2.21. The molecule has 0 aliphatic heterocycles. The Balaban J connectivity index is 1.41. The van der Waals surface area contributed by atoms with Crippen LogP contribution < -0.4 is 10.4 Å². The molecule has 0 bridgehead atoms. The lowest BCUT2D eigenvalue weighted by Crippen LogP contribution is -2.37. The zero-order valence-corrected chi connectivity index (χ0v) is 21.3. The lowest BCUT2D eigenvalue weighted by atomic mass is 10.0. The number of hydrogen-bond donors (Lipinski definition) is 1. The van der Waals surface area contributed by atoms with Crippen molar-refractivity contribution in [3.05, 3.63) is 93.7 Å². The van der Waals surface area contributed by atoms with Crippen LogP contribution in [-0.2, 0) is 30.7 Å². The second-order valence-electron chi connectivity index (χ2n) is 9.70. The zero-order valence-electron chi connectivity index (χ0n) is 21.3. The van der Waals surface area contributed by atoms with Crippen LogP contribution in [0.25, 0.3) is 10.8 Å². The van der Waals surface area contributed by atoms with Gasteiger partial charge in [0.05, 0.1) is 6.54 Å². The normalized spacial score (nSPS) is 11.7. The van der Waals surface area contributed by atoms with Crippen molar-refractivity contribution in [1.82, 2.24) is 14.3 Å². The van der Waals surface area contributed by atoms with Gasteiger partial charge in [-0.1, -0.05) is 48.0 Å². The van der Waals surface area contributed by atoms with E-state index in [1.807, 2.05) is 19.1 Å². The number of carbonyl (C=O) groups is 1. The highest BCUT2D eigenvalue weighted by atomic mass is 16.5. The van der Waals surface area contributed by atoms with Crippen molar-refractivity contribution in [3.63, 3.8) is 0 Å². The molecule has 0 saturated carbocycles. The molecule has 3 aromatic carbocycles. The molecule has 0 spiro atoms. The first-order chi connectivity index (χ1) is 17.2. The van der Waals surface area contributed by atoms with Gasteiger partial charge in [-0.15, -0.1) is 0 Å². The van der Waals surface area contributed by atoms with Gasteiger partial charge in [0.25, 0.3) is 0 Å². The molecular weight excluding hydrogens is 454 g/mol. The van der Waals surface area contributed by atoms with Crippen LogP contribution in [0.15, 0.2) is 65.5 Å². The van der Waals surface area contributed by atoms with E-state index in [0.29, 0.717) is 25.3 Å². The van der Waals surface area contributed by atoms with Crippen molar-refractivity contribution >= 4 is 16.7 Å². The molecule has 7 heteroatoms. The van der Waals surface area contributed by atoms with Crippen LogP contribution in [0.2, 0.25) is 0 Å². The third kappa shape index (κ3) is 5.67. The van der Waals surface area contributed by atoms with Gasteiger partial charge in [0, 0.05) is 13.0 Å². The molecular formula is C29H33N3O4. The van der Waals surface area contributed by atoms with Gasteiger partial charge in [-0.05, 0) is 80.6 Å². The molecule has 1 heterocycles. The minimum absolute atomic E-state index is 0.0842. The van der Waals surface area contributed by atoms with E-state index in [1.54, 1.807) is 21.4 Å². The summed E-state index contributed by atoms with van der Waals surface area (Å²) in [5.41, 5.74) is 2.03. The average molecular weight is 488 g/mol. The molecule has 1 aromatic heterocycles. The molecule has 0 radical (unpaired) electrons. The van der Waals surface area contributed by atoms with Crippen LogP contribution in [-0.4, -0.2) is 31.0 Å². The van der Waals surface area contributed by atoms with Crippen molar-refractivity contribution < 1.29 is 14.6 Å². The Morgan fingerprint density at radius 3 is 2.33 bits per heavy atom. The van der Waals surface area contributed by atoms with Crippen LogP contribution in [0.3, 0.4) is 0 Å². The quantitative estimate of drug-likeness (QED) is 0.341. The summed E-state index contributed by atoms with van der Waals surface area (Å²) in [7, 11) is 0. The van der Waals surface area contributed by atoms with E-state index < -0.39 is 11.6 Å². The number of carboxylic acids is 1. The predicted molar refractivity (Wildman–Crippen MR) is 141 cm³/mol. The summed E-state index contributed by atoms with van der Waals surface area (Å²) in [5.74, 6) is 0.305. The SMILES string of the molecule is CCn1c(CCCc2ccc(OC(C)(C)C(=O)O)cc2)nn(Cc2ccc3cc(C)ccc3c2)c1=O. The Kier molecular flexibility index (Phi) is 7.29. The first-order valence-corrected chi connectivity index (χ1v) is 12.3. The summed E-state index contributed by atoms with van der Waals surface area (Å²) >= 11 is 0. The summed E-state index contributed by atoms with van der Waals surface area (Å²) in [5, 5.41) is 16.2. The zero-order chi connectivity index (χ0) is 25.9. The van der Waals surface area contributed by atoms with Crippen LogP contribution in [0, 0.1) is 6.92 Å². The molecule has 1 N–H and O–H groups in total. The van der Waals surface area contributed by atoms with Gasteiger partial charge in [-0.3, -0.25) is 4.57 Å². The topological polar surface area (TPSA) is 86.3 Å². The molecule has 0 atom stereocenters. The number of benzene rings is 3. The van der Waals surface area contributed by atoms with Gasteiger partial charge >= 0.3 is 11.7 Å². The van der Waals surface area contributed by atoms with E-state index in [4.69, 9.17) is 4.74 Å². The Labute approximate surface area is 211 Å². The number of aryl methyl sites for hydroxylation is 3. The maximum Gasteiger partial charge on any atom is 0.347 e. The summed E-state index contributed by atoms with van der Waals surface area (Å²) in [6.07, 6.45) is 2.35. The number of ether oxygens (including phenoxy) is 1. The molecule has 7 nitrogen and oxygen atoms in total. The molecule has 0 aliphatic carbocycles. The number of nitrogens with zero attached hydrogens (tertiary/aromatic N) is 3. The van der Waals surface area contributed by atoms with Crippen LogP contribution in [0.4, 0.5) is 0 Å². The van der Waals surface area contributed by atoms with E-state index in [0.717, 1.165) is 35.2 Å². The average Bonchev–Trinajstić information content (AvgIpc) is 3.13. The molecule has 4 aromatic rings. The van der Waals surface area contributed by atoms with Crippen molar-refractivity contribution in [2.24, 2.45) is 0 Å². The number of aliphatic carboxylic acids is 1. The summed E-state index contributed by atoms with van der Waals surface area (Å²) in [6, 6.07) is 20.1. The molecule has 4 rings (SSSR count). The molecule has 36 heavy (non-hydrogen) atoms. The number of aromatic nitrogens is 3. The van der Waals surface area contributed by atoms with Crippen molar-refractivity contribution in [1.29, 1.82) is 0 Å². The minimum atomic E-state index is -1.28. The van der Waals surface area contributed by atoms with E-state index in [9.17, 15) is 14.7 Å². The maximum atomic E-state index is 13.0. The van der Waals surface area contributed by atoms with E-state index in [-0.39, 0.29) is 5.69 Å². The second-order valence-corrected chi connectivity index (χ2v) is 9.70. The number of hydrogen-bond acceptors (Lipinski definition) is 4. The predicted octanol–water partition coefficient (Wildman–Crippen LogP) is 4.99. The van der Waals surface area contributed by atoms with E-state index in [2.05, 4.69) is 48.4 Å². The van der Waals surface area contributed by atoms with Gasteiger partial charge in [-0.25, -0.2) is 14.3 Å². The number of fused-ring (bicyclic) bond motifs is 1. The molecule has 0 aliphatic rings. The molecule has 188 valence electrons. The van der Waals surface area contributed by atoms with Gasteiger partial charge < -0.3 is 9.84 Å². The molecule has 0 saturated heterocycles. The molecule has 0 unspecified atom stereocenters. The van der Waals surface area contributed by atoms with Gasteiger partial charge in [0.1, 0.15) is 11.6 Å². The standard InChI is InChI=1S/C29H33N3O4/c1-5-31-26(8-6-7-21-11-15-25(16-12-21)36-29(3,4)27(33)34)30-32(28(31)35)19-22-10-14-23-17-20(2)9-13-24(23)18-22/h9-18H,5-8,19H2,1-4H3,(H,33,34). The van der Waals surface area contributed by atoms with Gasteiger partial charge in [0.15, 0.2) is 5.60 Å². The Morgan fingerprint density at radius 1 is 0.972 bits per heavy atom. The Morgan fingerprint density at radius 2 is 1.64 bits per heavy atom. The Hall–Kier alpha value is -3.87. The smallest absolute Gasteiger partial charge is 0.347 e. The lowest BCUT2D eigenvalue weighted by molar-refractivity contribution is -0.152. The van der Waals surface area contributed by atoms with Crippen molar-refractivity contribution in [2.75, 3.05) is 0 Å². The fourth-order valence-corrected chi connectivity index (χ4v) is 4.29. The molecule has 0 amide bonds. The van der Waals surface area contributed by atoms with Gasteiger partial charge in [0.2, 0.25) is 0 Å². The number of carboxylic acid groups (broad SMARTS) is 1. The van der Waals surface area contributed by atoms with Crippen molar-refractivity contribution in [3.8, 4) is 5.75 Å². The monoisotopic (exact) mass is 487 g/mol. The van der Waals surface area contributed by atoms with Crippen LogP contribution >= 0.6 is 0 Å². The summed E-state index contributed by atoms with van der Waals surface area (Å²) < 4.78 is 8.87. The largest absolute Gasteiger partial charge is 0.478 e. The minimum Gasteiger partial charge on any atom is -0.478 e. The first-order valence-electron chi connectivity index (χ1n) is 12.3. The summed E-state index contributed by atoms with van der Waals surface area (Å²) in [6.45, 7) is 8.12. The third-order valence-corrected chi connectivity index (χ3v) is 6.39. The fourth-order valence-electron chi connectivity index (χ4n) is 4.29. The fraction of sp³-hybridized carbons (Fsp3) is 0.345. The van der Waals surface area contributed by atoms with Gasteiger partial charge in [-0.2, -0.15) is 5.10 Å². The van der Waals surface area contributed by atoms with Crippen LogP contribution in [0.5, 0.6) is 5.75 Å². The van der Waals surface area contributed by atoms with E-state index >= 15 is 0 Å². The highest BCUT2D eigenvalue weighted by molar-refractivity contribution is 5.83. The third-order valence-electron chi connectivity index (χ3n) is 6.39. The first kappa shape index (κ1) is 25.2. The number of rotatable bonds is 10. The second kappa shape index (κ2) is 10.4.